The third-order valence-electron chi connectivity index (χ3n) is 4.18. The third kappa shape index (κ3) is 9.56. The number of nitrogens with two attached hydrogens (primary N) is 2. The highest BCUT2D eigenvalue weighted by molar-refractivity contribution is 7.80. The van der Waals surface area contributed by atoms with E-state index in [0.29, 0.717) is 5.69 Å². The Balaban J connectivity index is 2.99. The fraction of sp³-hybridized carbons (Fsp3) is 0.471. The van der Waals surface area contributed by atoms with Crippen molar-refractivity contribution in [2.45, 2.75) is 43.4 Å². The first-order chi connectivity index (χ1) is 15.4. The lowest BCUT2D eigenvalue weighted by Gasteiger charge is -2.23. The molecule has 0 aliphatic carbocycles. The quantitative estimate of drug-likeness (QED) is 0.115. The van der Waals surface area contributed by atoms with Crippen molar-refractivity contribution < 1.29 is 39.0 Å². The van der Waals surface area contributed by atoms with Crippen LogP contribution in [0.2, 0.25) is 0 Å². The normalized spacial score (nSPS) is 14.2. The standard InChI is InChI=1S/C17H25N7O8S/c18-8(5-33)14(28)22-9(2-12(19)25)15(29)23-10(3-13(26)27)16(30)24-11(17(31)32)1-7-4-20-6-21-7/h4,6,8-11,33H,1-3,5,18H2,(H2,19,25)(H,20,21)(H,22,28)(H,23,29)(H,24,30)(H,26,27)(H,31,32). The summed E-state index contributed by atoms with van der Waals surface area (Å²) in [5.74, 6) is -7.00. The molecule has 0 saturated carbocycles. The number of carbonyl (C=O) groups is 6. The Morgan fingerprint density at radius 2 is 1.52 bits per heavy atom. The second-order valence-corrected chi connectivity index (χ2v) is 7.23. The molecule has 0 aliphatic heterocycles. The van der Waals surface area contributed by atoms with Gasteiger partial charge in [-0.2, -0.15) is 12.6 Å². The summed E-state index contributed by atoms with van der Waals surface area (Å²) < 4.78 is 0. The number of hydrogen-bond acceptors (Lipinski definition) is 9. The van der Waals surface area contributed by atoms with Crippen molar-refractivity contribution in [2.75, 3.05) is 5.75 Å². The number of nitrogens with zero attached hydrogens (tertiary/aromatic N) is 1. The summed E-state index contributed by atoms with van der Waals surface area (Å²) in [6.45, 7) is 0. The minimum atomic E-state index is -1.73. The summed E-state index contributed by atoms with van der Waals surface area (Å²) in [5.41, 5.74) is 11.0. The molecule has 0 spiro atoms. The van der Waals surface area contributed by atoms with E-state index >= 15 is 0 Å². The van der Waals surface area contributed by atoms with Crippen LogP contribution in [0.1, 0.15) is 18.5 Å². The molecule has 0 bridgehead atoms. The van der Waals surface area contributed by atoms with E-state index < -0.39 is 72.6 Å². The first-order valence-corrected chi connectivity index (χ1v) is 10.1. The van der Waals surface area contributed by atoms with E-state index in [0.717, 1.165) is 0 Å². The Morgan fingerprint density at radius 1 is 0.970 bits per heavy atom. The van der Waals surface area contributed by atoms with Gasteiger partial charge < -0.3 is 42.6 Å². The number of amides is 4. The lowest BCUT2D eigenvalue weighted by atomic mass is 10.1. The van der Waals surface area contributed by atoms with Crippen LogP contribution in [-0.2, 0) is 35.2 Å². The molecule has 4 unspecified atom stereocenters. The fourth-order valence-electron chi connectivity index (χ4n) is 2.52. The summed E-state index contributed by atoms with van der Waals surface area (Å²) in [4.78, 5) is 77.6. The molecule has 0 aromatic carbocycles. The van der Waals surface area contributed by atoms with Gasteiger partial charge in [-0.3, -0.25) is 24.0 Å². The van der Waals surface area contributed by atoms with Crippen LogP contribution in [0.4, 0.5) is 0 Å². The third-order valence-corrected chi connectivity index (χ3v) is 4.57. The maximum atomic E-state index is 12.6. The Bertz CT molecular complexity index is 879. The van der Waals surface area contributed by atoms with Crippen molar-refractivity contribution in [1.29, 1.82) is 0 Å². The maximum Gasteiger partial charge on any atom is 0.326 e. The number of carbonyl (C=O) groups excluding carboxylic acids is 4. The molecule has 4 atom stereocenters. The number of imidazole rings is 1. The second kappa shape index (κ2) is 13.0. The van der Waals surface area contributed by atoms with Gasteiger partial charge in [0.15, 0.2) is 0 Å². The summed E-state index contributed by atoms with van der Waals surface area (Å²) in [7, 11) is 0. The molecule has 1 aromatic rings. The van der Waals surface area contributed by atoms with Crippen molar-refractivity contribution in [1.82, 2.24) is 25.9 Å². The number of rotatable bonds is 14. The largest absolute Gasteiger partial charge is 0.481 e. The average molecular weight is 487 g/mol. The van der Waals surface area contributed by atoms with E-state index in [1.54, 1.807) is 0 Å². The summed E-state index contributed by atoms with van der Waals surface area (Å²) >= 11 is 3.85. The Kier molecular flexibility index (Phi) is 10.8. The maximum absolute atomic E-state index is 12.6. The molecule has 4 amide bonds. The Labute approximate surface area is 192 Å². The zero-order chi connectivity index (χ0) is 25.1. The molecule has 0 radical (unpaired) electrons. The minimum Gasteiger partial charge on any atom is -0.481 e. The van der Waals surface area contributed by atoms with Crippen LogP contribution < -0.4 is 27.4 Å². The van der Waals surface area contributed by atoms with Crippen molar-refractivity contribution >= 4 is 48.2 Å². The van der Waals surface area contributed by atoms with Crippen LogP contribution >= 0.6 is 12.6 Å². The molecular weight excluding hydrogens is 462 g/mol. The number of hydrogen-bond donors (Lipinski definition) is 9. The van der Waals surface area contributed by atoms with Gasteiger partial charge in [-0.25, -0.2) is 9.78 Å². The van der Waals surface area contributed by atoms with Crippen LogP contribution in [0.5, 0.6) is 0 Å². The number of aromatic amines is 1. The Morgan fingerprint density at radius 3 is 1.97 bits per heavy atom. The van der Waals surface area contributed by atoms with Crippen LogP contribution in [0, 0.1) is 0 Å². The van der Waals surface area contributed by atoms with Gasteiger partial charge in [0, 0.05) is 24.1 Å². The van der Waals surface area contributed by atoms with E-state index in [4.69, 9.17) is 16.6 Å². The molecular formula is C17H25N7O8S. The molecule has 1 aromatic heterocycles. The van der Waals surface area contributed by atoms with E-state index in [1.165, 1.54) is 12.5 Å². The van der Waals surface area contributed by atoms with Gasteiger partial charge in [-0.1, -0.05) is 0 Å². The predicted octanol–water partition coefficient (Wildman–Crippen LogP) is -3.90. The molecule has 15 nitrogen and oxygen atoms in total. The predicted molar refractivity (Wildman–Crippen MR) is 114 cm³/mol. The van der Waals surface area contributed by atoms with Gasteiger partial charge in [-0.05, 0) is 0 Å². The van der Waals surface area contributed by atoms with Crippen LogP contribution in [-0.4, -0.2) is 85.7 Å². The van der Waals surface area contributed by atoms with Crippen molar-refractivity contribution in [2.24, 2.45) is 11.5 Å². The minimum absolute atomic E-state index is 0.0757. The topological polar surface area (TPSA) is 260 Å². The lowest BCUT2D eigenvalue weighted by Crippen LogP contribution is -2.58. The monoisotopic (exact) mass is 487 g/mol. The van der Waals surface area contributed by atoms with Crippen molar-refractivity contribution in [3.8, 4) is 0 Å². The Hall–Kier alpha value is -3.66. The van der Waals surface area contributed by atoms with Gasteiger partial charge >= 0.3 is 11.9 Å². The number of thiol groups is 1. The van der Waals surface area contributed by atoms with E-state index in [-0.39, 0.29) is 12.2 Å². The number of nitrogens with one attached hydrogen (secondary N) is 4. The van der Waals surface area contributed by atoms with Gasteiger partial charge in [0.25, 0.3) is 0 Å². The molecule has 0 fully saturated rings. The molecule has 10 N–H and O–H groups in total. The number of carboxylic acids is 2. The number of primary amides is 1. The highest BCUT2D eigenvalue weighted by Gasteiger charge is 2.32. The first-order valence-electron chi connectivity index (χ1n) is 9.42. The first kappa shape index (κ1) is 27.4. The number of aromatic nitrogens is 2. The molecule has 0 saturated heterocycles. The van der Waals surface area contributed by atoms with E-state index in [2.05, 4.69) is 38.5 Å². The number of aliphatic carboxylic acids is 2. The molecule has 0 aliphatic rings. The lowest BCUT2D eigenvalue weighted by molar-refractivity contribution is -0.143. The van der Waals surface area contributed by atoms with Crippen molar-refractivity contribution in [3.63, 3.8) is 0 Å². The fourth-order valence-corrected chi connectivity index (χ4v) is 2.68. The van der Waals surface area contributed by atoms with E-state index in [1.807, 2.05) is 0 Å². The van der Waals surface area contributed by atoms with Gasteiger partial charge in [0.1, 0.15) is 18.1 Å². The highest BCUT2D eigenvalue weighted by atomic mass is 32.1. The van der Waals surface area contributed by atoms with Gasteiger partial charge in [0.2, 0.25) is 23.6 Å². The molecule has 182 valence electrons. The molecule has 1 heterocycles. The summed E-state index contributed by atoms with van der Waals surface area (Å²) in [6, 6.07) is -5.89. The van der Waals surface area contributed by atoms with E-state index in [9.17, 15) is 33.9 Å². The van der Waals surface area contributed by atoms with Gasteiger partial charge in [0.05, 0.1) is 25.2 Å². The molecule has 16 heteroatoms. The van der Waals surface area contributed by atoms with Crippen molar-refractivity contribution in [3.05, 3.63) is 18.2 Å². The van der Waals surface area contributed by atoms with Crippen LogP contribution in [0.3, 0.4) is 0 Å². The SMILES string of the molecule is NC(=O)CC(NC(=O)C(N)CS)C(=O)NC(CC(=O)O)C(=O)NC(Cc1cnc[nH]1)C(=O)O. The molecule has 1 rings (SSSR count). The zero-order valence-corrected chi connectivity index (χ0v) is 18.1. The molecule has 33 heavy (non-hydrogen) atoms. The average Bonchev–Trinajstić information content (AvgIpc) is 3.23. The zero-order valence-electron chi connectivity index (χ0n) is 17.2. The number of H-pyrrole nitrogens is 1. The highest BCUT2D eigenvalue weighted by Crippen LogP contribution is 2.03. The summed E-state index contributed by atoms with van der Waals surface area (Å²) in [6.07, 6.45) is 0.857. The van der Waals surface area contributed by atoms with Crippen LogP contribution in [0.15, 0.2) is 12.5 Å². The smallest absolute Gasteiger partial charge is 0.326 e. The van der Waals surface area contributed by atoms with Crippen LogP contribution in [0.25, 0.3) is 0 Å². The summed E-state index contributed by atoms with van der Waals surface area (Å²) in [5, 5.41) is 24.9. The second-order valence-electron chi connectivity index (χ2n) is 6.86. The van der Waals surface area contributed by atoms with Gasteiger partial charge in [-0.15, -0.1) is 0 Å². The number of carboxylic acid groups (broad SMARTS) is 2.